The molecule has 0 bridgehead atoms. The highest BCUT2D eigenvalue weighted by atomic mass is 32.1. The number of thiophene rings is 9. The molecule has 18 rings (SSSR count). The Morgan fingerprint density at radius 1 is 0.271 bits per heavy atom. The Morgan fingerprint density at radius 3 is 0.879 bits per heavy atom. The molecule has 0 aliphatic heterocycles. The summed E-state index contributed by atoms with van der Waals surface area (Å²) in [5.74, 6) is 11.2. The minimum Gasteiger partial charge on any atom is -0.368 e. The van der Waals surface area contributed by atoms with E-state index in [9.17, 15) is 0 Å². The monoisotopic (exact) mass is 2080 g/mol. The van der Waals surface area contributed by atoms with E-state index in [2.05, 4.69) is 336 Å². The maximum absolute atomic E-state index is 5.64. The molecule has 0 aromatic carbocycles. The largest absolute Gasteiger partial charge is 0.368 e. The first-order valence-electron chi connectivity index (χ1n) is 43.6. The lowest BCUT2D eigenvalue weighted by molar-refractivity contribution is 0.816. The molecular weight excluding hydrogens is 1950 g/mol. The van der Waals surface area contributed by atoms with Crippen molar-refractivity contribution in [3.8, 4) is 0 Å². The number of aromatic amines is 6. The molecule has 18 aromatic rings. The van der Waals surface area contributed by atoms with E-state index in [1.807, 2.05) is 126 Å². The zero-order chi connectivity index (χ0) is 101. The third-order valence-corrected chi connectivity index (χ3v) is 28.1. The number of aromatic nitrogens is 27. The van der Waals surface area contributed by atoms with Crippen LogP contribution in [0.4, 0.5) is 107 Å². The molecule has 0 aliphatic carbocycles. The molecule has 54 heteroatoms. The molecule has 18 heterocycles. The fraction of sp³-hybridized carbons (Fsp3) is 0.372. The zero-order valence-corrected chi connectivity index (χ0v) is 90.2. The summed E-state index contributed by atoms with van der Waals surface area (Å²) in [5.41, 5.74) is 22.1. The topological polar surface area (TPSA) is 561 Å². The molecule has 18 aromatic heterocycles. The van der Waals surface area contributed by atoms with E-state index in [1.165, 1.54) is 87.8 Å². The zero-order valence-electron chi connectivity index (χ0n) is 82.8. The van der Waals surface area contributed by atoms with Crippen LogP contribution in [0.25, 0.3) is 0 Å². The Bertz CT molecular complexity index is 6460. The van der Waals surface area contributed by atoms with E-state index in [0.717, 1.165) is 76.7 Å². The predicted octanol–water partition coefficient (Wildman–Crippen LogP) is 14.8. The minimum atomic E-state index is 0.329. The van der Waals surface area contributed by atoms with Gasteiger partial charge in [0.05, 0.1) is 58.9 Å². The number of aryl methyl sites for hydroxylation is 9. The fourth-order valence-electron chi connectivity index (χ4n) is 12.0. The van der Waals surface area contributed by atoms with Crippen molar-refractivity contribution in [2.75, 3.05) is 172 Å². The second-order valence-corrected chi connectivity index (χ2v) is 44.1. The molecule has 0 saturated heterocycles. The molecule has 750 valence electrons. The lowest BCUT2D eigenvalue weighted by atomic mass is 10.4. The van der Waals surface area contributed by atoms with Crippen molar-refractivity contribution in [3.05, 3.63) is 197 Å². The van der Waals surface area contributed by atoms with Gasteiger partial charge in [0.25, 0.3) is 0 Å². The van der Waals surface area contributed by atoms with Crippen molar-refractivity contribution in [2.45, 2.75) is 121 Å². The molecule has 0 saturated carbocycles. The van der Waals surface area contributed by atoms with Gasteiger partial charge in [-0.25, -0.2) is 30.6 Å². The summed E-state index contributed by atoms with van der Waals surface area (Å²) in [7, 11) is 26.7. The second kappa shape index (κ2) is 53.8. The van der Waals surface area contributed by atoms with Gasteiger partial charge in [0.1, 0.15) is 0 Å². The number of anilines is 18. The highest BCUT2D eigenvalue weighted by Crippen LogP contribution is 2.27. The van der Waals surface area contributed by atoms with Crippen LogP contribution in [0.3, 0.4) is 0 Å². The summed E-state index contributed by atoms with van der Waals surface area (Å²) in [6.07, 6.45) is 0. The number of hydrogen-bond donors (Lipinski definition) is 18. The van der Waals surface area contributed by atoms with Crippen molar-refractivity contribution in [2.24, 2.45) is 21.1 Å². The fourth-order valence-corrected chi connectivity index (χ4v) is 19.8. The van der Waals surface area contributed by atoms with E-state index in [-0.39, 0.29) is 0 Å². The molecule has 0 unspecified atom stereocenters. The van der Waals surface area contributed by atoms with Gasteiger partial charge in [0.15, 0.2) is 0 Å². The van der Waals surface area contributed by atoms with Crippen molar-refractivity contribution in [3.63, 3.8) is 0 Å². The smallest absolute Gasteiger partial charge is 0.246 e. The maximum atomic E-state index is 5.64. The Kier molecular flexibility index (Phi) is 41.5. The molecular formula is C86H127N45S9. The lowest BCUT2D eigenvalue weighted by Crippen LogP contribution is -2.19. The van der Waals surface area contributed by atoms with Crippen LogP contribution in [-0.4, -0.2) is 213 Å². The van der Waals surface area contributed by atoms with E-state index < -0.39 is 0 Å². The average Bonchev–Trinajstić information content (AvgIpc) is 1.70. The molecule has 45 nitrogen and oxygen atoms in total. The average molecular weight is 2080 g/mol. The van der Waals surface area contributed by atoms with Crippen molar-refractivity contribution >= 4 is 209 Å². The van der Waals surface area contributed by atoms with Crippen LogP contribution in [0.15, 0.2) is 109 Å². The van der Waals surface area contributed by atoms with Crippen molar-refractivity contribution in [1.29, 1.82) is 0 Å². The minimum absolute atomic E-state index is 0.329. The SMILES string of the molecule is CNc1n[nH]c(NCc2ccc(C)s2)n1.CNc1nc(N(C)Cc2ccc(C)s2)n[nH]1.Cc1ccc(CN(C)c2n[nH]c(N)n2)s1.Cc1ccc(CN(C)c2nnc(N)n2C)s1.Cc1ccc(CNc2n[nH]c(N)n2)s1.Cc1ccc(CNc2nc(N(C)C)n[nH]2)s1.Cc1ccc(CNc2nc(N(C)C)n[nH]2)s1.Cc1ccc(CNc2nnc(N(C)C)n2C)s1.Cc1ccc(CNc2nnc(N)n2C)s1. The Balaban J connectivity index is 0.000000162. The summed E-state index contributed by atoms with van der Waals surface area (Å²) >= 11 is 16.0. The van der Waals surface area contributed by atoms with E-state index in [4.69, 9.17) is 22.9 Å². The summed E-state index contributed by atoms with van der Waals surface area (Å²) in [6.45, 7) is 26.0. The van der Waals surface area contributed by atoms with Gasteiger partial charge >= 0.3 is 0 Å². The first kappa shape index (κ1) is 108. The van der Waals surface area contributed by atoms with Crippen LogP contribution >= 0.6 is 102 Å². The Labute approximate surface area is 849 Å². The first-order valence-corrected chi connectivity index (χ1v) is 51.0. The van der Waals surface area contributed by atoms with E-state index >= 15 is 0 Å². The Morgan fingerprint density at radius 2 is 0.571 bits per heavy atom. The van der Waals surface area contributed by atoms with Gasteiger partial charge in [0, 0.05) is 186 Å². The number of nitrogen functional groups attached to an aromatic ring is 4. The van der Waals surface area contributed by atoms with Crippen LogP contribution < -0.4 is 94.9 Å². The molecule has 0 spiro atoms. The second-order valence-electron chi connectivity index (χ2n) is 31.7. The van der Waals surface area contributed by atoms with Crippen LogP contribution in [-0.2, 0) is 80.0 Å². The molecule has 0 amide bonds. The third-order valence-electron chi connectivity index (χ3n) is 19.1. The highest BCUT2D eigenvalue weighted by molar-refractivity contribution is 7.14. The molecule has 140 heavy (non-hydrogen) atoms. The molecule has 0 aliphatic rings. The number of H-pyrrole nitrogens is 6. The number of nitrogens with zero attached hydrogens (tertiary/aromatic N) is 27. The van der Waals surface area contributed by atoms with Crippen LogP contribution in [0, 0.1) is 62.3 Å². The van der Waals surface area contributed by atoms with Crippen LogP contribution in [0.5, 0.6) is 0 Å². The molecule has 0 radical (unpaired) electrons. The van der Waals surface area contributed by atoms with Crippen molar-refractivity contribution < 1.29 is 0 Å². The highest BCUT2D eigenvalue weighted by Gasteiger charge is 2.17. The van der Waals surface area contributed by atoms with E-state index in [1.54, 1.807) is 118 Å². The summed E-state index contributed by atoms with van der Waals surface area (Å²) < 4.78 is 5.45. The Hall–Kier alpha value is -14.0. The third kappa shape index (κ3) is 35.4. The van der Waals surface area contributed by atoms with Gasteiger partial charge in [-0.2, -0.15) is 29.9 Å². The van der Waals surface area contributed by atoms with Gasteiger partial charge < -0.3 is 94.9 Å². The maximum Gasteiger partial charge on any atom is 0.246 e. The molecule has 22 N–H and O–H groups in total. The number of nitrogens with one attached hydrogen (secondary N) is 14. The quantitative estimate of drug-likeness (QED) is 0.0186. The molecule has 0 atom stereocenters. The van der Waals surface area contributed by atoms with Crippen LogP contribution in [0.1, 0.15) is 87.8 Å². The van der Waals surface area contributed by atoms with Gasteiger partial charge in [-0.3, -0.25) is 13.7 Å². The number of hydrogen-bond acceptors (Lipinski definition) is 45. The molecule has 0 fully saturated rings. The normalized spacial score (nSPS) is 10.5. The number of rotatable bonds is 32. The van der Waals surface area contributed by atoms with Gasteiger partial charge in [-0.15, -0.1) is 163 Å². The van der Waals surface area contributed by atoms with E-state index in [0.29, 0.717) is 89.2 Å². The van der Waals surface area contributed by atoms with Gasteiger partial charge in [-0.05, 0) is 172 Å². The van der Waals surface area contributed by atoms with Gasteiger partial charge in [0.2, 0.25) is 107 Å². The number of nitrogens with two attached hydrogens (primary N) is 4. The first-order chi connectivity index (χ1) is 67.0. The summed E-state index contributed by atoms with van der Waals surface area (Å²) in [6, 6.07) is 38.1. The lowest BCUT2D eigenvalue weighted by Gasteiger charge is -2.16. The van der Waals surface area contributed by atoms with Gasteiger partial charge in [-0.1, -0.05) is 0 Å². The van der Waals surface area contributed by atoms with Crippen molar-refractivity contribution in [1.82, 2.24) is 135 Å². The predicted molar refractivity (Wildman–Crippen MR) is 583 cm³/mol. The summed E-state index contributed by atoms with van der Waals surface area (Å²) in [4.78, 5) is 60.2. The standard InChI is InChI=1S/C11H17N5S.4C10H15N5S.3C9H13N5S.C8H11N5S/c1-8-5-6-9(17-8)7-12-10-13-14-11(15(2)3)16(10)4;1-7-4-5-8(16-7)6-14(2)10-13-12-9(11)15(10)3;2*1-7-4-5-8(16-7)6-11-9-12-10(14-13-9)15(2)3;1-7-4-5-8(16-7)6-15(3)10-12-9(11-2)13-14-10;1-6-3-4-7(15-6)5-14(2)9-11-8(10)12-13-9;1-6-3-4-7(15-6)5-11-9-13-12-8(10)14(9)2;1-6-3-4-7(15-6)5-11-9-12-8(10-2)13-14-9;1-5-2-3-6(14-5)4-10-8-11-7(9)12-13-8/h5-6H,7H2,1-4H3,(H,12,13);4-5H,6H2,1-3H3,(H2,11,12);3*4-5H,6H2,1-3H3,(H2,11,12,13,14);3-4H,5H2,1-2H3,(H3,10,11,12,13);3-4H,5H2,1-2H3,(H2,10,12)(H,11,13);3-4H,5H2,1-2H3,(H3,10,11,12,13,14);2-3H,4H2,1H3,(H4,9,10,11,12,13). The van der Waals surface area contributed by atoms with Crippen LogP contribution in [0.2, 0.25) is 0 Å². The summed E-state index contributed by atoms with van der Waals surface area (Å²) in [5, 5.41) is 89.3.